The molecule has 0 unspecified atom stereocenters. The lowest BCUT2D eigenvalue weighted by atomic mass is 10.3. The largest absolute Gasteiger partial charge is 0.339 e. The Morgan fingerprint density at radius 3 is 2.68 bits per heavy atom. The predicted octanol–water partition coefficient (Wildman–Crippen LogP) is 2.37. The summed E-state index contributed by atoms with van der Waals surface area (Å²) in [7, 11) is -4.04. The van der Waals surface area contributed by atoms with E-state index in [1.165, 1.54) is 11.3 Å². The fraction of sp³-hybridized carbons (Fsp3) is 0.133. The Morgan fingerprint density at radius 2 is 2.00 bits per heavy atom. The molecule has 7 nitrogen and oxygen atoms in total. The zero-order chi connectivity index (χ0) is 17.9. The molecule has 3 rings (SSSR count). The van der Waals surface area contributed by atoms with Gasteiger partial charge >= 0.3 is 0 Å². The minimum Gasteiger partial charge on any atom is -0.339 e. The molecule has 130 valence electrons. The minimum absolute atomic E-state index is 0.0991. The maximum absolute atomic E-state index is 12.8. The second-order valence-electron chi connectivity index (χ2n) is 5.01. The number of rotatable bonds is 6. The van der Waals surface area contributed by atoms with Gasteiger partial charge in [0.1, 0.15) is 5.82 Å². The molecule has 3 aromatic rings. The fourth-order valence-corrected chi connectivity index (χ4v) is 3.61. The van der Waals surface area contributed by atoms with Gasteiger partial charge in [0, 0.05) is 23.8 Å². The number of nitrogens with one attached hydrogen (secondary N) is 1. The van der Waals surface area contributed by atoms with Gasteiger partial charge in [-0.05, 0) is 35.7 Å². The number of hydrogen-bond donors (Lipinski definition) is 1. The van der Waals surface area contributed by atoms with Crippen molar-refractivity contribution in [3.8, 4) is 11.4 Å². The van der Waals surface area contributed by atoms with Crippen LogP contribution >= 0.6 is 11.3 Å². The van der Waals surface area contributed by atoms with Crippen molar-refractivity contribution >= 4 is 27.3 Å². The Hall–Kier alpha value is -2.59. The van der Waals surface area contributed by atoms with Gasteiger partial charge in [-0.15, -0.1) is 0 Å². The molecule has 0 aliphatic heterocycles. The molecule has 0 aliphatic carbocycles. The average molecular weight is 381 g/mol. The van der Waals surface area contributed by atoms with Crippen LogP contribution in [0.15, 0.2) is 50.5 Å². The molecule has 1 amide bonds. The van der Waals surface area contributed by atoms with Gasteiger partial charge in [0.05, 0.1) is 4.90 Å². The van der Waals surface area contributed by atoms with Gasteiger partial charge in [-0.2, -0.15) is 16.3 Å². The number of aryl methyl sites for hydroxylation is 1. The van der Waals surface area contributed by atoms with E-state index in [2.05, 4.69) is 10.1 Å². The van der Waals surface area contributed by atoms with E-state index < -0.39 is 21.7 Å². The summed E-state index contributed by atoms with van der Waals surface area (Å²) in [6.07, 6.45) is -0.0480. The number of hydrogen-bond acceptors (Lipinski definition) is 7. The van der Waals surface area contributed by atoms with Crippen LogP contribution in [0.2, 0.25) is 0 Å². The molecular weight excluding hydrogens is 369 g/mol. The van der Waals surface area contributed by atoms with Gasteiger partial charge in [0.2, 0.25) is 17.6 Å². The van der Waals surface area contributed by atoms with Gasteiger partial charge in [-0.25, -0.2) is 17.5 Å². The molecule has 2 heterocycles. The molecule has 0 spiro atoms. The molecule has 10 heteroatoms. The first-order valence-corrected chi connectivity index (χ1v) is 9.53. The van der Waals surface area contributed by atoms with Crippen molar-refractivity contribution in [1.29, 1.82) is 0 Å². The number of benzene rings is 1. The van der Waals surface area contributed by atoms with Crippen LogP contribution in [0, 0.1) is 5.82 Å². The number of sulfonamides is 1. The first kappa shape index (κ1) is 17.2. The van der Waals surface area contributed by atoms with E-state index in [9.17, 15) is 17.6 Å². The van der Waals surface area contributed by atoms with E-state index in [0.717, 1.165) is 29.8 Å². The van der Waals surface area contributed by atoms with Crippen molar-refractivity contribution in [3.05, 3.63) is 52.8 Å². The molecule has 1 N–H and O–H groups in total. The molecule has 25 heavy (non-hydrogen) atoms. The normalized spacial score (nSPS) is 11.4. The van der Waals surface area contributed by atoms with Crippen LogP contribution in [0.25, 0.3) is 11.4 Å². The summed E-state index contributed by atoms with van der Waals surface area (Å²) < 4.78 is 43.8. The Morgan fingerprint density at radius 1 is 1.24 bits per heavy atom. The van der Waals surface area contributed by atoms with Crippen molar-refractivity contribution in [2.45, 2.75) is 17.7 Å². The molecule has 0 saturated heterocycles. The van der Waals surface area contributed by atoms with Crippen LogP contribution in [-0.2, 0) is 21.2 Å². The zero-order valence-corrected chi connectivity index (χ0v) is 14.3. The molecular formula is C15H12FN3O4S2. The summed E-state index contributed by atoms with van der Waals surface area (Å²) in [6, 6.07) is 6.00. The van der Waals surface area contributed by atoms with Crippen LogP contribution < -0.4 is 4.72 Å². The van der Waals surface area contributed by atoms with E-state index in [1.807, 2.05) is 21.5 Å². The van der Waals surface area contributed by atoms with Gasteiger partial charge in [-0.1, -0.05) is 5.16 Å². The van der Waals surface area contributed by atoms with Crippen LogP contribution in [0.1, 0.15) is 12.3 Å². The quantitative estimate of drug-likeness (QED) is 0.703. The fourth-order valence-electron chi connectivity index (χ4n) is 1.96. The van der Waals surface area contributed by atoms with E-state index in [4.69, 9.17) is 4.52 Å². The standard InChI is InChI=1S/C15H12FN3O4S2/c16-11-1-3-12(4-2-11)25(21,22)19-13(20)5-6-14-17-15(18-23-14)10-7-8-24-9-10/h1-4,7-9H,5-6H2,(H,19,20). The molecule has 0 radical (unpaired) electrons. The van der Waals surface area contributed by atoms with Crippen LogP contribution in [0.3, 0.4) is 0 Å². The van der Waals surface area contributed by atoms with E-state index >= 15 is 0 Å². The highest BCUT2D eigenvalue weighted by molar-refractivity contribution is 7.90. The summed E-state index contributed by atoms with van der Waals surface area (Å²) in [5.74, 6) is -0.645. The summed E-state index contributed by atoms with van der Waals surface area (Å²) in [5, 5.41) is 7.53. The molecule has 2 aromatic heterocycles. The SMILES string of the molecule is O=C(CCc1nc(-c2ccsc2)no1)NS(=O)(=O)c1ccc(F)cc1. The molecule has 1 aromatic carbocycles. The second kappa shape index (κ2) is 7.11. The summed E-state index contributed by atoms with van der Waals surface area (Å²) >= 11 is 1.49. The summed E-state index contributed by atoms with van der Waals surface area (Å²) in [6.45, 7) is 0. The monoisotopic (exact) mass is 381 g/mol. The summed E-state index contributed by atoms with van der Waals surface area (Å²) in [4.78, 5) is 15.8. The topological polar surface area (TPSA) is 102 Å². The lowest BCUT2D eigenvalue weighted by Gasteiger charge is -2.06. The summed E-state index contributed by atoms with van der Waals surface area (Å²) in [5.41, 5.74) is 0.809. The van der Waals surface area contributed by atoms with Gasteiger partial charge in [0.15, 0.2) is 0 Å². The zero-order valence-electron chi connectivity index (χ0n) is 12.7. The van der Waals surface area contributed by atoms with Crippen LogP contribution in [-0.4, -0.2) is 24.5 Å². The van der Waals surface area contributed by atoms with E-state index in [1.54, 1.807) is 0 Å². The van der Waals surface area contributed by atoms with Gasteiger partial charge in [0.25, 0.3) is 10.0 Å². The maximum atomic E-state index is 12.8. The predicted molar refractivity (Wildman–Crippen MR) is 87.7 cm³/mol. The maximum Gasteiger partial charge on any atom is 0.264 e. The van der Waals surface area contributed by atoms with Crippen molar-refractivity contribution in [3.63, 3.8) is 0 Å². The smallest absolute Gasteiger partial charge is 0.264 e. The molecule has 0 aliphatic rings. The Balaban J connectivity index is 1.58. The van der Waals surface area contributed by atoms with E-state index in [-0.39, 0.29) is 23.6 Å². The number of halogens is 1. The number of carbonyl (C=O) groups excluding carboxylic acids is 1. The lowest BCUT2D eigenvalue weighted by molar-refractivity contribution is -0.119. The number of nitrogens with zero attached hydrogens (tertiary/aromatic N) is 2. The van der Waals surface area contributed by atoms with Gasteiger partial charge in [-0.3, -0.25) is 4.79 Å². The van der Waals surface area contributed by atoms with Crippen molar-refractivity contribution in [1.82, 2.24) is 14.9 Å². The van der Waals surface area contributed by atoms with Crippen molar-refractivity contribution in [2.24, 2.45) is 0 Å². The average Bonchev–Trinajstić information content (AvgIpc) is 3.24. The van der Waals surface area contributed by atoms with E-state index in [0.29, 0.717) is 5.82 Å². The first-order valence-electron chi connectivity index (χ1n) is 7.10. The van der Waals surface area contributed by atoms with Gasteiger partial charge < -0.3 is 4.52 Å². The minimum atomic E-state index is -4.04. The highest BCUT2D eigenvalue weighted by atomic mass is 32.2. The Bertz CT molecular complexity index is 967. The molecule has 0 bridgehead atoms. The first-order chi connectivity index (χ1) is 11.9. The molecule has 0 fully saturated rings. The number of carbonyl (C=O) groups is 1. The molecule has 0 saturated carbocycles. The number of thiophene rings is 1. The third-order valence-electron chi connectivity index (χ3n) is 3.19. The second-order valence-corrected chi connectivity index (χ2v) is 7.47. The highest BCUT2D eigenvalue weighted by Crippen LogP contribution is 2.19. The number of amides is 1. The Kier molecular flexibility index (Phi) is 4.91. The molecule has 0 atom stereocenters. The van der Waals surface area contributed by atoms with Crippen molar-refractivity contribution in [2.75, 3.05) is 0 Å². The third-order valence-corrected chi connectivity index (χ3v) is 5.26. The van der Waals surface area contributed by atoms with Crippen LogP contribution in [0.4, 0.5) is 4.39 Å². The lowest BCUT2D eigenvalue weighted by Crippen LogP contribution is -2.30. The number of aromatic nitrogens is 2. The third kappa shape index (κ3) is 4.28. The Labute approximate surface area is 146 Å². The highest BCUT2D eigenvalue weighted by Gasteiger charge is 2.18. The van der Waals surface area contributed by atoms with Crippen LogP contribution in [0.5, 0.6) is 0 Å². The van der Waals surface area contributed by atoms with Crippen molar-refractivity contribution < 1.29 is 22.1 Å².